The van der Waals surface area contributed by atoms with E-state index in [9.17, 15) is 4.79 Å². The Hall–Kier alpha value is -1.55. The summed E-state index contributed by atoms with van der Waals surface area (Å²) in [6.07, 6.45) is 0.870. The highest BCUT2D eigenvalue weighted by Crippen LogP contribution is 2.13. The van der Waals surface area contributed by atoms with Crippen molar-refractivity contribution in [3.63, 3.8) is 0 Å². The number of nitrogens with one attached hydrogen (secondary N) is 2. The second kappa shape index (κ2) is 14.6. The Morgan fingerprint density at radius 1 is 1.27 bits per heavy atom. The molecule has 0 saturated carbocycles. The average Bonchev–Trinajstić information content (AvgIpc) is 2.62. The highest BCUT2D eigenvalue weighted by Gasteiger charge is 2.06. The molecule has 0 heterocycles. The minimum absolute atomic E-state index is 0. The van der Waals surface area contributed by atoms with E-state index in [2.05, 4.69) is 15.6 Å². The number of carbonyl (C=O) groups is 1. The molecule has 2 N–H and O–H groups in total. The van der Waals surface area contributed by atoms with Crippen molar-refractivity contribution in [2.24, 2.45) is 4.99 Å². The van der Waals surface area contributed by atoms with E-state index in [-0.39, 0.29) is 36.4 Å². The minimum atomic E-state index is -0.00908. The number of hydrogen-bond donors (Lipinski definition) is 2. The van der Waals surface area contributed by atoms with Crippen LogP contribution in [-0.4, -0.2) is 64.3 Å². The van der Waals surface area contributed by atoms with Gasteiger partial charge in [0.1, 0.15) is 5.75 Å². The molecule has 148 valence electrons. The van der Waals surface area contributed by atoms with Crippen molar-refractivity contribution >= 4 is 35.8 Å². The van der Waals surface area contributed by atoms with E-state index < -0.39 is 0 Å². The monoisotopic (exact) mass is 478 g/mol. The van der Waals surface area contributed by atoms with Crippen molar-refractivity contribution in [3.8, 4) is 5.75 Å². The fraction of sp³-hybridized carbons (Fsp3) is 0.556. The minimum Gasteiger partial charge on any atom is -0.497 e. The molecule has 0 aromatic heterocycles. The van der Waals surface area contributed by atoms with Gasteiger partial charge in [-0.15, -0.1) is 24.0 Å². The molecule has 0 aliphatic heterocycles. The topological polar surface area (TPSA) is 75.2 Å². The Bertz CT molecular complexity index is 553. The van der Waals surface area contributed by atoms with Gasteiger partial charge in [0.15, 0.2) is 5.96 Å². The predicted molar refractivity (Wildman–Crippen MR) is 115 cm³/mol. The number of rotatable bonds is 10. The standard InChI is InChI=1S/C18H30N4O3.HI/c1-5-25-11-7-10-19-18(21-14-17(23)22(2)3)20-13-15-8-6-9-16(12-15)24-4;/h6,8-9,12H,5,7,10-11,13-14H2,1-4H3,(H2,19,20,21);1H. The zero-order chi connectivity index (χ0) is 18.5. The van der Waals surface area contributed by atoms with Crippen LogP contribution in [0.2, 0.25) is 0 Å². The van der Waals surface area contributed by atoms with Crippen LogP contribution in [0.1, 0.15) is 18.9 Å². The van der Waals surface area contributed by atoms with Crippen LogP contribution in [0, 0.1) is 0 Å². The summed E-state index contributed by atoms with van der Waals surface area (Å²) in [7, 11) is 5.10. The van der Waals surface area contributed by atoms with Crippen molar-refractivity contribution in [1.82, 2.24) is 15.5 Å². The first kappa shape index (κ1) is 24.5. The molecule has 0 bridgehead atoms. The third kappa shape index (κ3) is 10.4. The summed E-state index contributed by atoms with van der Waals surface area (Å²) in [5, 5.41) is 6.29. The van der Waals surface area contributed by atoms with Gasteiger partial charge in [0.2, 0.25) is 5.91 Å². The van der Waals surface area contributed by atoms with Gasteiger partial charge in [0, 0.05) is 33.9 Å². The Morgan fingerprint density at radius 2 is 2.04 bits per heavy atom. The van der Waals surface area contributed by atoms with Crippen LogP contribution < -0.4 is 15.4 Å². The Kier molecular flexibility index (Phi) is 13.7. The number of nitrogens with zero attached hydrogens (tertiary/aromatic N) is 2. The van der Waals surface area contributed by atoms with Gasteiger partial charge in [0.05, 0.1) is 20.2 Å². The van der Waals surface area contributed by atoms with Crippen LogP contribution in [0.25, 0.3) is 0 Å². The summed E-state index contributed by atoms with van der Waals surface area (Å²) in [6, 6.07) is 7.76. The maximum absolute atomic E-state index is 11.8. The molecule has 7 nitrogen and oxygen atoms in total. The molecule has 1 amide bonds. The molecule has 26 heavy (non-hydrogen) atoms. The molecule has 0 unspecified atom stereocenters. The first-order valence-corrected chi connectivity index (χ1v) is 8.49. The summed E-state index contributed by atoms with van der Waals surface area (Å²) in [5.74, 6) is 1.40. The van der Waals surface area contributed by atoms with Crippen molar-refractivity contribution < 1.29 is 14.3 Å². The zero-order valence-electron chi connectivity index (χ0n) is 16.1. The normalized spacial score (nSPS) is 10.7. The van der Waals surface area contributed by atoms with Crippen LogP contribution in [0.4, 0.5) is 0 Å². The van der Waals surface area contributed by atoms with Crippen LogP contribution in [-0.2, 0) is 16.1 Å². The van der Waals surface area contributed by atoms with E-state index in [1.165, 1.54) is 0 Å². The van der Waals surface area contributed by atoms with Crippen molar-refractivity contribution in [3.05, 3.63) is 29.8 Å². The molecule has 0 aliphatic carbocycles. The lowest BCUT2D eigenvalue weighted by Gasteiger charge is -2.15. The molecule has 0 fully saturated rings. The molecule has 8 heteroatoms. The Morgan fingerprint density at radius 3 is 2.69 bits per heavy atom. The second-order valence-electron chi connectivity index (χ2n) is 5.64. The smallest absolute Gasteiger partial charge is 0.241 e. The average molecular weight is 478 g/mol. The van der Waals surface area contributed by atoms with E-state index in [1.54, 1.807) is 26.1 Å². The second-order valence-corrected chi connectivity index (χ2v) is 5.64. The van der Waals surface area contributed by atoms with Crippen LogP contribution in [0.3, 0.4) is 0 Å². The number of methoxy groups -OCH3 is 1. The largest absolute Gasteiger partial charge is 0.497 e. The van der Waals surface area contributed by atoms with Crippen LogP contribution in [0.5, 0.6) is 5.75 Å². The lowest BCUT2D eigenvalue weighted by atomic mass is 10.2. The van der Waals surface area contributed by atoms with Gasteiger partial charge in [-0.3, -0.25) is 4.79 Å². The van der Waals surface area contributed by atoms with E-state index in [0.29, 0.717) is 25.7 Å². The van der Waals surface area contributed by atoms with Crippen LogP contribution in [0.15, 0.2) is 29.3 Å². The number of ether oxygens (including phenoxy) is 2. The summed E-state index contributed by atoms with van der Waals surface area (Å²) < 4.78 is 10.6. The zero-order valence-corrected chi connectivity index (χ0v) is 18.4. The molecule has 0 atom stereocenters. The Balaban J connectivity index is 0.00000625. The Labute approximate surface area is 173 Å². The van der Waals surface area contributed by atoms with Gasteiger partial charge in [-0.2, -0.15) is 0 Å². The maximum atomic E-state index is 11.8. The third-order valence-electron chi connectivity index (χ3n) is 3.42. The SMILES string of the molecule is CCOCCCNC(=NCc1cccc(OC)c1)NCC(=O)N(C)C.I. The summed E-state index contributed by atoms with van der Waals surface area (Å²) >= 11 is 0. The number of likely N-dealkylation sites (N-methyl/N-ethyl adjacent to an activating group) is 1. The number of carbonyl (C=O) groups excluding carboxylic acids is 1. The van der Waals surface area contributed by atoms with E-state index in [1.807, 2.05) is 31.2 Å². The van der Waals surface area contributed by atoms with E-state index in [0.717, 1.165) is 24.3 Å². The number of aliphatic imine (C=N–C) groups is 1. The molecule has 0 spiro atoms. The van der Waals surface area contributed by atoms with Crippen molar-refractivity contribution in [1.29, 1.82) is 0 Å². The maximum Gasteiger partial charge on any atom is 0.241 e. The van der Waals surface area contributed by atoms with E-state index in [4.69, 9.17) is 9.47 Å². The molecule has 1 aromatic carbocycles. The molecule has 0 saturated heterocycles. The fourth-order valence-electron chi connectivity index (χ4n) is 1.96. The molecular weight excluding hydrogens is 447 g/mol. The number of hydrogen-bond acceptors (Lipinski definition) is 4. The number of halogens is 1. The predicted octanol–water partition coefficient (Wildman–Crippen LogP) is 1.86. The van der Waals surface area contributed by atoms with Gasteiger partial charge in [-0.05, 0) is 31.0 Å². The molecule has 0 aliphatic rings. The molecule has 1 aromatic rings. The molecule has 0 radical (unpaired) electrons. The molecular formula is C18H31IN4O3. The first-order chi connectivity index (χ1) is 12.1. The third-order valence-corrected chi connectivity index (χ3v) is 3.42. The number of guanidine groups is 1. The summed E-state index contributed by atoms with van der Waals surface area (Å²) in [5.41, 5.74) is 1.04. The van der Waals surface area contributed by atoms with Gasteiger partial charge in [-0.25, -0.2) is 4.99 Å². The van der Waals surface area contributed by atoms with E-state index >= 15 is 0 Å². The number of benzene rings is 1. The van der Waals surface area contributed by atoms with Gasteiger partial charge in [0.25, 0.3) is 0 Å². The molecule has 1 rings (SSSR count). The van der Waals surface area contributed by atoms with Crippen molar-refractivity contribution in [2.45, 2.75) is 19.9 Å². The van der Waals surface area contributed by atoms with Gasteiger partial charge in [-0.1, -0.05) is 12.1 Å². The fourth-order valence-corrected chi connectivity index (χ4v) is 1.96. The lowest BCUT2D eigenvalue weighted by molar-refractivity contribution is -0.127. The summed E-state index contributed by atoms with van der Waals surface area (Å²) in [6.45, 7) is 4.80. The highest BCUT2D eigenvalue weighted by atomic mass is 127. The number of amides is 1. The van der Waals surface area contributed by atoms with Gasteiger partial charge < -0.3 is 25.0 Å². The van der Waals surface area contributed by atoms with Crippen LogP contribution >= 0.6 is 24.0 Å². The highest BCUT2D eigenvalue weighted by molar-refractivity contribution is 14.0. The lowest BCUT2D eigenvalue weighted by Crippen LogP contribution is -2.43. The first-order valence-electron chi connectivity index (χ1n) is 8.49. The van der Waals surface area contributed by atoms with Gasteiger partial charge >= 0.3 is 0 Å². The summed E-state index contributed by atoms with van der Waals surface area (Å²) in [4.78, 5) is 17.9. The van der Waals surface area contributed by atoms with Crippen molar-refractivity contribution in [2.75, 3.05) is 47.5 Å². The quantitative estimate of drug-likeness (QED) is 0.233.